The molecule has 1 aliphatic rings. The molecule has 2 heteroatoms. The Bertz CT molecular complexity index is 3360. The summed E-state index contributed by atoms with van der Waals surface area (Å²) in [6, 6.07) is 90.2. The second-order valence-electron chi connectivity index (χ2n) is 16.4. The van der Waals surface area contributed by atoms with Crippen LogP contribution in [0, 0.1) is 0 Å². The van der Waals surface area contributed by atoms with E-state index in [4.69, 9.17) is 4.42 Å². The molecule has 0 unspecified atom stereocenters. The second-order valence-corrected chi connectivity index (χ2v) is 16.4. The number of benzene rings is 10. The first kappa shape index (κ1) is 36.6. The topological polar surface area (TPSA) is 16.4 Å². The van der Waals surface area contributed by atoms with Crippen LogP contribution in [0.2, 0.25) is 0 Å². The normalized spacial score (nSPS) is 12.6. The van der Waals surface area contributed by atoms with E-state index in [0.29, 0.717) is 0 Å². The van der Waals surface area contributed by atoms with E-state index in [-0.39, 0.29) is 0 Å². The smallest absolute Gasteiger partial charge is 0.159 e. The first-order valence-electron chi connectivity index (χ1n) is 21.7. The van der Waals surface area contributed by atoms with Gasteiger partial charge in [-0.15, -0.1) is 0 Å². The number of anilines is 3. The van der Waals surface area contributed by atoms with E-state index in [0.717, 1.165) is 50.1 Å². The average Bonchev–Trinajstić information content (AvgIpc) is 3.71. The summed E-state index contributed by atoms with van der Waals surface area (Å²) in [5.74, 6) is 0. The number of rotatable bonds is 7. The van der Waals surface area contributed by atoms with E-state index in [1.165, 1.54) is 55.6 Å². The zero-order valence-electron chi connectivity index (χ0n) is 34.5. The van der Waals surface area contributed by atoms with Gasteiger partial charge in [0.2, 0.25) is 0 Å². The Morgan fingerprint density at radius 2 is 0.714 bits per heavy atom. The Labute approximate surface area is 367 Å². The van der Waals surface area contributed by atoms with Crippen LogP contribution in [-0.2, 0) is 5.41 Å². The van der Waals surface area contributed by atoms with Gasteiger partial charge in [-0.2, -0.15) is 0 Å². The van der Waals surface area contributed by atoms with Crippen molar-refractivity contribution in [3.8, 4) is 44.5 Å². The SMILES string of the molecule is c1ccc(-c2ccc(N(c3ccc(C4(c5ccccc5)c5ccccc5-c5ccccc5-c5ccccc54)cc3)c3cccc4c3oc3c(-c5ccccc5)cccc34)cc2)cc1. The van der Waals surface area contributed by atoms with Crippen molar-refractivity contribution in [3.05, 3.63) is 271 Å². The number of hydrogen-bond donors (Lipinski definition) is 0. The van der Waals surface area contributed by atoms with Crippen molar-refractivity contribution in [2.45, 2.75) is 5.41 Å². The molecular formula is C61H41NO. The zero-order valence-corrected chi connectivity index (χ0v) is 34.5. The average molecular weight is 804 g/mol. The Morgan fingerprint density at radius 3 is 1.32 bits per heavy atom. The lowest BCUT2D eigenvalue weighted by Crippen LogP contribution is -2.31. The minimum Gasteiger partial charge on any atom is -0.453 e. The molecule has 0 radical (unpaired) electrons. The maximum atomic E-state index is 7.06. The lowest BCUT2D eigenvalue weighted by molar-refractivity contribution is 0.670. The van der Waals surface area contributed by atoms with Crippen LogP contribution in [0.3, 0.4) is 0 Å². The molecule has 0 saturated heterocycles. The molecule has 11 aromatic rings. The Morgan fingerprint density at radius 1 is 0.286 bits per heavy atom. The molecular weight excluding hydrogens is 763 g/mol. The van der Waals surface area contributed by atoms with Gasteiger partial charge < -0.3 is 9.32 Å². The van der Waals surface area contributed by atoms with E-state index in [1.807, 2.05) is 0 Å². The lowest BCUT2D eigenvalue weighted by atomic mass is 9.63. The van der Waals surface area contributed by atoms with Gasteiger partial charge in [-0.1, -0.05) is 218 Å². The summed E-state index contributed by atoms with van der Waals surface area (Å²) in [5, 5.41) is 2.18. The number of nitrogens with zero attached hydrogens (tertiary/aromatic N) is 1. The molecule has 0 amide bonds. The molecule has 0 saturated carbocycles. The van der Waals surface area contributed by atoms with Crippen molar-refractivity contribution in [3.63, 3.8) is 0 Å². The van der Waals surface area contributed by atoms with Crippen molar-refractivity contribution in [1.29, 1.82) is 0 Å². The predicted molar refractivity (Wildman–Crippen MR) is 262 cm³/mol. The molecule has 12 rings (SSSR count). The van der Waals surface area contributed by atoms with Crippen LogP contribution in [0.15, 0.2) is 253 Å². The van der Waals surface area contributed by atoms with Crippen molar-refractivity contribution >= 4 is 39.0 Å². The molecule has 0 spiro atoms. The molecule has 10 aromatic carbocycles. The van der Waals surface area contributed by atoms with Gasteiger partial charge in [-0.05, 0) is 91.5 Å². The third-order valence-corrected chi connectivity index (χ3v) is 13.0. The Kier molecular flexibility index (Phi) is 8.76. The summed E-state index contributed by atoms with van der Waals surface area (Å²) in [4.78, 5) is 2.35. The number of para-hydroxylation sites is 2. The third kappa shape index (κ3) is 5.87. The lowest BCUT2D eigenvalue weighted by Gasteiger charge is -2.38. The fraction of sp³-hybridized carbons (Fsp3) is 0.0164. The van der Waals surface area contributed by atoms with E-state index >= 15 is 0 Å². The minimum atomic E-state index is -0.624. The number of hydrogen-bond acceptors (Lipinski definition) is 2. The molecule has 0 bridgehead atoms. The molecule has 0 atom stereocenters. The maximum Gasteiger partial charge on any atom is 0.159 e. The fourth-order valence-electron chi connectivity index (χ4n) is 10.2. The summed E-state index contributed by atoms with van der Waals surface area (Å²) < 4.78 is 7.06. The van der Waals surface area contributed by atoms with Crippen LogP contribution >= 0.6 is 0 Å². The van der Waals surface area contributed by atoms with E-state index in [9.17, 15) is 0 Å². The first-order chi connectivity index (χ1) is 31.3. The molecule has 0 fully saturated rings. The van der Waals surface area contributed by atoms with Gasteiger partial charge in [-0.25, -0.2) is 0 Å². The van der Waals surface area contributed by atoms with Gasteiger partial charge in [0.25, 0.3) is 0 Å². The van der Waals surface area contributed by atoms with E-state index in [2.05, 4.69) is 254 Å². The third-order valence-electron chi connectivity index (χ3n) is 13.0. The number of furan rings is 1. The van der Waals surface area contributed by atoms with Crippen molar-refractivity contribution in [1.82, 2.24) is 0 Å². The summed E-state index contributed by atoms with van der Waals surface area (Å²) in [7, 11) is 0. The van der Waals surface area contributed by atoms with Crippen LogP contribution in [0.1, 0.15) is 22.3 Å². The molecule has 1 heterocycles. The highest BCUT2D eigenvalue weighted by atomic mass is 16.3. The quantitative estimate of drug-likeness (QED) is 0.160. The van der Waals surface area contributed by atoms with Crippen molar-refractivity contribution in [2.24, 2.45) is 0 Å². The van der Waals surface area contributed by atoms with Crippen LogP contribution < -0.4 is 4.90 Å². The van der Waals surface area contributed by atoms with Gasteiger partial charge in [0.15, 0.2) is 5.58 Å². The van der Waals surface area contributed by atoms with Crippen LogP contribution in [0.25, 0.3) is 66.4 Å². The highest BCUT2D eigenvalue weighted by molar-refractivity contribution is 6.13. The van der Waals surface area contributed by atoms with Gasteiger partial charge in [0, 0.05) is 27.7 Å². The molecule has 2 nitrogen and oxygen atoms in total. The summed E-state index contributed by atoms with van der Waals surface area (Å²) in [6.45, 7) is 0. The predicted octanol–water partition coefficient (Wildman–Crippen LogP) is 16.4. The minimum absolute atomic E-state index is 0.624. The van der Waals surface area contributed by atoms with Gasteiger partial charge in [-0.3, -0.25) is 0 Å². The molecule has 63 heavy (non-hydrogen) atoms. The van der Waals surface area contributed by atoms with E-state index < -0.39 is 5.41 Å². The molecule has 0 N–H and O–H groups in total. The number of fused-ring (bicyclic) bond motifs is 8. The van der Waals surface area contributed by atoms with Crippen LogP contribution in [-0.4, -0.2) is 0 Å². The standard InChI is InChI=1S/C61H41NO/c1-4-18-42(19-5-1)43-34-38-47(39-35-43)62(58-33-17-30-55-54-29-16-28-49(59(54)63-60(55)58)44-20-6-2-7-21-44)48-40-36-46(37-41-48)61(45-22-8-3-9-23-45)56-31-14-12-26-52(56)50-24-10-11-25-51(50)53-27-13-15-32-57(53)61/h1-41H. The zero-order chi connectivity index (χ0) is 41.7. The largest absolute Gasteiger partial charge is 0.453 e. The first-order valence-corrected chi connectivity index (χ1v) is 21.7. The highest BCUT2D eigenvalue weighted by Gasteiger charge is 2.43. The fourth-order valence-corrected chi connectivity index (χ4v) is 10.2. The monoisotopic (exact) mass is 803 g/mol. The molecule has 0 aliphatic heterocycles. The van der Waals surface area contributed by atoms with Crippen molar-refractivity contribution in [2.75, 3.05) is 4.90 Å². The molecule has 296 valence electrons. The van der Waals surface area contributed by atoms with Crippen LogP contribution in [0.5, 0.6) is 0 Å². The summed E-state index contributed by atoms with van der Waals surface area (Å²) in [6.07, 6.45) is 0. The Balaban J connectivity index is 1.09. The summed E-state index contributed by atoms with van der Waals surface area (Å²) in [5.41, 5.74) is 18.6. The van der Waals surface area contributed by atoms with Gasteiger partial charge >= 0.3 is 0 Å². The Hall–Kier alpha value is -8.20. The maximum absolute atomic E-state index is 7.06. The molecule has 1 aromatic heterocycles. The van der Waals surface area contributed by atoms with Gasteiger partial charge in [0.05, 0.1) is 11.1 Å². The summed E-state index contributed by atoms with van der Waals surface area (Å²) >= 11 is 0. The van der Waals surface area contributed by atoms with Crippen molar-refractivity contribution < 1.29 is 4.42 Å². The second kappa shape index (κ2) is 15.1. The van der Waals surface area contributed by atoms with Gasteiger partial charge in [0.1, 0.15) is 5.58 Å². The molecule has 1 aliphatic carbocycles. The van der Waals surface area contributed by atoms with E-state index in [1.54, 1.807) is 0 Å². The van der Waals surface area contributed by atoms with Crippen LogP contribution in [0.4, 0.5) is 17.1 Å². The highest BCUT2D eigenvalue weighted by Crippen LogP contribution is 2.55.